The van der Waals surface area contributed by atoms with E-state index in [9.17, 15) is 32.0 Å². The molecule has 0 unspecified atom stereocenters. The Morgan fingerprint density at radius 1 is 1.00 bits per heavy atom. The Balaban J connectivity index is 1.54. The lowest BCUT2D eigenvalue weighted by atomic mass is 9.85. The van der Waals surface area contributed by atoms with E-state index in [4.69, 9.17) is 30.8 Å². The molecule has 17 heteroatoms. The van der Waals surface area contributed by atoms with Crippen LogP contribution in [0.5, 0.6) is 11.5 Å². The van der Waals surface area contributed by atoms with Crippen LogP contribution in [0, 0.1) is 11.2 Å². The molecule has 0 radical (unpaired) electrons. The molecule has 332 valence electrons. The van der Waals surface area contributed by atoms with E-state index in [1.807, 2.05) is 35.1 Å². The number of hydrogen-bond donors (Lipinski definition) is 3. The number of alkyl carbamates (subject to hydrolysis) is 1. The molecule has 14 nitrogen and oxygen atoms in total. The average molecular weight is 894 g/mol. The maximum Gasteiger partial charge on any atom is 0.408 e. The van der Waals surface area contributed by atoms with Crippen LogP contribution in [-0.4, -0.2) is 85.1 Å². The summed E-state index contributed by atoms with van der Waals surface area (Å²) in [5.41, 5.74) is -1.69. The third-order valence-corrected chi connectivity index (χ3v) is 11.8. The maximum atomic E-state index is 14.8. The lowest BCUT2D eigenvalue weighted by Gasteiger charge is -2.36. The van der Waals surface area contributed by atoms with E-state index in [0.717, 1.165) is 23.8 Å². The summed E-state index contributed by atoms with van der Waals surface area (Å²) in [6, 6.07) is 16.7. The fourth-order valence-electron chi connectivity index (χ4n) is 6.87. The number of sulfonamides is 1. The summed E-state index contributed by atoms with van der Waals surface area (Å²) in [7, 11) is -3.06. The van der Waals surface area contributed by atoms with Gasteiger partial charge in [0.15, 0.2) is 0 Å². The van der Waals surface area contributed by atoms with Gasteiger partial charge in [0, 0.05) is 29.5 Å². The molecule has 3 N–H and O–H groups in total. The van der Waals surface area contributed by atoms with Crippen molar-refractivity contribution in [2.45, 2.75) is 102 Å². The Labute approximate surface area is 366 Å². The van der Waals surface area contributed by atoms with Crippen LogP contribution in [0.15, 0.2) is 90.3 Å². The van der Waals surface area contributed by atoms with E-state index < -0.39 is 84.3 Å². The first kappa shape index (κ1) is 47.3. The molecule has 2 heterocycles. The number of halogens is 2. The van der Waals surface area contributed by atoms with Gasteiger partial charge in [-0.3, -0.25) is 14.4 Å². The van der Waals surface area contributed by atoms with Gasteiger partial charge in [-0.2, -0.15) is 0 Å². The van der Waals surface area contributed by atoms with Crippen molar-refractivity contribution >= 4 is 56.3 Å². The highest BCUT2D eigenvalue weighted by atomic mass is 35.5. The molecule has 5 rings (SSSR count). The van der Waals surface area contributed by atoms with Crippen molar-refractivity contribution in [1.29, 1.82) is 0 Å². The summed E-state index contributed by atoms with van der Waals surface area (Å²) < 4.78 is 60.2. The number of nitrogens with one attached hydrogen (secondary N) is 3. The molecule has 3 aromatic carbocycles. The lowest BCUT2D eigenvalue weighted by molar-refractivity contribution is -0.143. The van der Waals surface area contributed by atoms with Crippen LogP contribution in [-0.2, 0) is 29.1 Å². The highest BCUT2D eigenvalue weighted by Gasteiger charge is 2.48. The first-order valence-electron chi connectivity index (χ1n) is 19.9. The molecule has 1 saturated heterocycles. The summed E-state index contributed by atoms with van der Waals surface area (Å²) in [6.07, 6.45) is -0.175. The molecule has 4 aromatic rings. The minimum absolute atomic E-state index is 0.0763. The summed E-state index contributed by atoms with van der Waals surface area (Å²) in [4.78, 5) is 62.2. The average Bonchev–Trinajstić information content (AvgIpc) is 3.62. The Bertz CT molecular complexity index is 2460. The zero-order valence-electron chi connectivity index (χ0n) is 36.0. The number of allylic oxidation sites excluding steroid dienone is 1. The van der Waals surface area contributed by atoms with E-state index in [1.54, 1.807) is 72.9 Å². The number of nitrogens with zero attached hydrogens (tertiary/aromatic N) is 2. The van der Waals surface area contributed by atoms with Crippen LogP contribution < -0.4 is 24.8 Å². The maximum absolute atomic E-state index is 14.8. The molecular formula is C45H53ClFN5O9S. The standard InChI is InChI=1S/C45H53ClFN5O9S/c1-10-11-21-45(8,41(55)51-62(57,58)30-18-20-33(47)32(46)24-30)50-39(53)36-23-29(26-52(36)40(54)38(43(2,3)4)49-42(56)61-44(5,6)7)60-37-25-34(27-15-13-12-14-16-27)48-35-22-28(59-9)17-19-31(35)37/h10,12-20,22,24-25,29,36,38H,1,11,21,23,26H2,2-9H3,(H,49,56)(H,50,53)(H,51,55)/t29-,36+,38-,45+/m1/s1. The van der Waals surface area contributed by atoms with Crippen molar-refractivity contribution in [2.24, 2.45) is 5.41 Å². The van der Waals surface area contributed by atoms with E-state index in [-0.39, 0.29) is 25.8 Å². The van der Waals surface area contributed by atoms with Gasteiger partial charge in [0.05, 0.1) is 34.8 Å². The number of hydrogen-bond acceptors (Lipinski definition) is 10. The van der Waals surface area contributed by atoms with E-state index in [1.165, 1.54) is 17.9 Å². The van der Waals surface area contributed by atoms with Crippen molar-refractivity contribution < 1.29 is 46.2 Å². The van der Waals surface area contributed by atoms with Crippen LogP contribution in [0.2, 0.25) is 5.02 Å². The number of aromatic nitrogens is 1. The SMILES string of the molecule is C=CCC[C@](C)(NC(=O)[C@@H]1C[C@@H](Oc2cc(-c3ccccc3)nc3cc(OC)ccc23)CN1C(=O)[C@@H](NC(=O)OC(C)(C)C)C(C)(C)C)C(=O)NS(=O)(=O)c1ccc(F)c(Cl)c1. The van der Waals surface area contributed by atoms with Gasteiger partial charge in [0.25, 0.3) is 15.9 Å². The first-order valence-corrected chi connectivity index (χ1v) is 21.8. The van der Waals surface area contributed by atoms with Gasteiger partial charge in [-0.1, -0.05) is 68.8 Å². The van der Waals surface area contributed by atoms with E-state index in [0.29, 0.717) is 28.1 Å². The monoisotopic (exact) mass is 893 g/mol. The summed E-state index contributed by atoms with van der Waals surface area (Å²) in [6.45, 7) is 15.2. The van der Waals surface area contributed by atoms with Crippen molar-refractivity contribution in [1.82, 2.24) is 25.2 Å². The fourth-order valence-corrected chi connectivity index (χ4v) is 8.22. The van der Waals surface area contributed by atoms with Crippen molar-refractivity contribution in [3.05, 3.63) is 96.3 Å². The zero-order chi connectivity index (χ0) is 45.8. The molecule has 0 aliphatic carbocycles. The van der Waals surface area contributed by atoms with Gasteiger partial charge in [-0.05, 0) is 76.3 Å². The molecule has 1 aliphatic heterocycles. The highest BCUT2D eigenvalue weighted by molar-refractivity contribution is 7.90. The van der Waals surface area contributed by atoms with Crippen molar-refractivity contribution in [3.8, 4) is 22.8 Å². The van der Waals surface area contributed by atoms with Gasteiger partial charge in [-0.25, -0.2) is 27.3 Å². The minimum atomic E-state index is -4.61. The van der Waals surface area contributed by atoms with Crippen LogP contribution in [0.3, 0.4) is 0 Å². The minimum Gasteiger partial charge on any atom is -0.497 e. The number of benzene rings is 3. The molecule has 1 aromatic heterocycles. The second kappa shape index (κ2) is 18.7. The van der Waals surface area contributed by atoms with Gasteiger partial charge in [0.1, 0.15) is 46.6 Å². The highest BCUT2D eigenvalue weighted by Crippen LogP contribution is 2.36. The smallest absolute Gasteiger partial charge is 0.408 e. The predicted octanol–water partition coefficient (Wildman–Crippen LogP) is 7.34. The molecule has 62 heavy (non-hydrogen) atoms. The molecule has 0 bridgehead atoms. The number of ether oxygens (including phenoxy) is 3. The van der Waals surface area contributed by atoms with Crippen LogP contribution in [0.4, 0.5) is 9.18 Å². The van der Waals surface area contributed by atoms with Crippen molar-refractivity contribution in [2.75, 3.05) is 13.7 Å². The number of likely N-dealkylation sites (tertiary alicyclic amines) is 1. The molecule has 1 fully saturated rings. The Kier molecular flexibility index (Phi) is 14.3. The molecule has 0 saturated carbocycles. The third kappa shape index (κ3) is 11.4. The number of carbonyl (C=O) groups excluding carboxylic acids is 4. The number of carbonyl (C=O) groups is 4. The Hall–Kier alpha value is -5.74. The topological polar surface area (TPSA) is 182 Å². The molecule has 1 aliphatic rings. The number of methoxy groups -OCH3 is 1. The number of amides is 4. The summed E-state index contributed by atoms with van der Waals surface area (Å²) in [5, 5.41) is 5.58. The van der Waals surface area contributed by atoms with Crippen LogP contribution >= 0.6 is 11.6 Å². The van der Waals surface area contributed by atoms with E-state index >= 15 is 0 Å². The zero-order valence-corrected chi connectivity index (χ0v) is 37.6. The second-order valence-corrected chi connectivity index (χ2v) is 19.4. The third-order valence-electron chi connectivity index (χ3n) is 10.1. The quantitative estimate of drug-likeness (QED) is 0.108. The number of fused-ring (bicyclic) bond motifs is 1. The Morgan fingerprint density at radius 3 is 2.31 bits per heavy atom. The van der Waals surface area contributed by atoms with Crippen LogP contribution in [0.25, 0.3) is 22.2 Å². The van der Waals surface area contributed by atoms with Gasteiger partial charge in [-0.15, -0.1) is 6.58 Å². The number of pyridine rings is 1. The fraction of sp³-hybridized carbons (Fsp3) is 0.400. The summed E-state index contributed by atoms with van der Waals surface area (Å²) >= 11 is 5.84. The van der Waals surface area contributed by atoms with E-state index in [2.05, 4.69) is 17.2 Å². The normalized spacial score (nSPS) is 17.0. The van der Waals surface area contributed by atoms with Gasteiger partial charge in [0.2, 0.25) is 11.8 Å². The van der Waals surface area contributed by atoms with Gasteiger partial charge >= 0.3 is 6.09 Å². The predicted molar refractivity (Wildman–Crippen MR) is 234 cm³/mol. The van der Waals surface area contributed by atoms with Crippen molar-refractivity contribution in [3.63, 3.8) is 0 Å². The first-order chi connectivity index (χ1) is 28.9. The second-order valence-electron chi connectivity index (χ2n) is 17.3. The Morgan fingerprint density at radius 2 is 1.69 bits per heavy atom. The molecule has 4 amide bonds. The molecular weight excluding hydrogens is 841 g/mol. The lowest BCUT2D eigenvalue weighted by Crippen LogP contribution is -2.62. The molecule has 4 atom stereocenters. The summed E-state index contributed by atoms with van der Waals surface area (Å²) in [5.74, 6) is -2.41. The van der Waals surface area contributed by atoms with Gasteiger partial charge < -0.3 is 29.7 Å². The van der Waals surface area contributed by atoms with Crippen LogP contribution in [0.1, 0.15) is 67.7 Å². The molecule has 0 spiro atoms. The number of rotatable bonds is 14. The largest absolute Gasteiger partial charge is 0.497 e.